The van der Waals surface area contributed by atoms with E-state index in [9.17, 15) is 13.2 Å². The Morgan fingerprint density at radius 3 is 2.47 bits per heavy atom. The van der Waals surface area contributed by atoms with Gasteiger partial charge in [-0.05, 0) is 19.8 Å². The van der Waals surface area contributed by atoms with Crippen molar-refractivity contribution in [1.82, 2.24) is 4.90 Å². The minimum absolute atomic E-state index is 0.0310. The average Bonchev–Trinajstić information content (AvgIpc) is 2.16. The Morgan fingerprint density at radius 1 is 1.47 bits per heavy atom. The molecule has 3 nitrogen and oxygen atoms in total. The third-order valence-corrected chi connectivity index (χ3v) is 2.84. The maximum Gasteiger partial charge on any atom is 0.419 e. The van der Waals surface area contributed by atoms with Crippen molar-refractivity contribution in [2.75, 3.05) is 20.2 Å². The molecule has 1 aliphatic heterocycles. The molecule has 0 aromatic heterocycles. The molecule has 0 aliphatic carbocycles. The summed E-state index contributed by atoms with van der Waals surface area (Å²) in [6.45, 7) is 1.71. The van der Waals surface area contributed by atoms with Crippen molar-refractivity contribution >= 4 is 5.84 Å². The Bertz CT molecular complexity index is 254. The molecule has 0 bridgehead atoms. The topological polar surface area (TPSA) is 36.3 Å². The molecule has 1 saturated heterocycles. The molecule has 1 N–H and O–H groups in total. The molecule has 0 amide bonds. The summed E-state index contributed by atoms with van der Waals surface area (Å²) in [5.41, 5.74) is -2.10. The number of hydrogen-bond donors (Lipinski definition) is 1. The molecule has 1 rings (SSSR count). The van der Waals surface area contributed by atoms with Gasteiger partial charge in [0.05, 0.1) is 12.4 Å². The summed E-state index contributed by atoms with van der Waals surface area (Å²) in [6, 6.07) is 0. The monoisotopic (exact) mass is 224 g/mol. The predicted molar refractivity (Wildman–Crippen MR) is 50.0 cm³/mol. The van der Waals surface area contributed by atoms with Crippen LogP contribution < -0.4 is 0 Å². The molecule has 1 atom stereocenters. The highest BCUT2D eigenvalue weighted by Crippen LogP contribution is 2.39. The van der Waals surface area contributed by atoms with Crippen molar-refractivity contribution < 1.29 is 17.9 Å². The second-order valence-corrected chi connectivity index (χ2v) is 3.81. The van der Waals surface area contributed by atoms with E-state index in [1.54, 1.807) is 0 Å². The highest BCUT2D eigenvalue weighted by atomic mass is 19.4. The van der Waals surface area contributed by atoms with E-state index in [2.05, 4.69) is 4.74 Å². The first-order valence-corrected chi connectivity index (χ1v) is 4.74. The number of halogens is 3. The van der Waals surface area contributed by atoms with Crippen molar-refractivity contribution in [2.24, 2.45) is 0 Å². The molecule has 1 aliphatic rings. The van der Waals surface area contributed by atoms with Gasteiger partial charge < -0.3 is 9.64 Å². The maximum absolute atomic E-state index is 12.8. The van der Waals surface area contributed by atoms with Crippen molar-refractivity contribution in [2.45, 2.75) is 31.5 Å². The Kier molecular flexibility index (Phi) is 3.28. The fourth-order valence-corrected chi connectivity index (χ4v) is 1.82. The van der Waals surface area contributed by atoms with E-state index in [1.807, 2.05) is 0 Å². The van der Waals surface area contributed by atoms with Gasteiger partial charge in [0.25, 0.3) is 0 Å². The highest BCUT2D eigenvalue weighted by Gasteiger charge is 2.57. The van der Waals surface area contributed by atoms with Crippen molar-refractivity contribution in [3.63, 3.8) is 0 Å². The summed E-state index contributed by atoms with van der Waals surface area (Å²) in [5, 5.41) is 7.35. The SMILES string of the molecule is COC1(C(F)(F)F)CCCN(C(C)=N)C1. The number of methoxy groups -OCH3 is 1. The van der Waals surface area contributed by atoms with Gasteiger partial charge in [0.2, 0.25) is 0 Å². The Hall–Kier alpha value is -0.780. The van der Waals surface area contributed by atoms with Crippen LogP contribution in [0.15, 0.2) is 0 Å². The van der Waals surface area contributed by atoms with Crippen LogP contribution in [0.5, 0.6) is 0 Å². The predicted octanol–water partition coefficient (Wildman–Crippen LogP) is 2.03. The van der Waals surface area contributed by atoms with Crippen LogP contribution in [0.1, 0.15) is 19.8 Å². The minimum Gasteiger partial charge on any atom is -0.367 e. The lowest BCUT2D eigenvalue weighted by molar-refractivity contribution is -0.280. The molecule has 0 aromatic carbocycles. The number of piperidine rings is 1. The number of likely N-dealkylation sites (tertiary alicyclic amines) is 1. The van der Waals surface area contributed by atoms with Crippen molar-refractivity contribution in [3.05, 3.63) is 0 Å². The number of rotatable bonds is 1. The molecule has 1 fully saturated rings. The van der Waals surface area contributed by atoms with Gasteiger partial charge in [0.15, 0.2) is 5.60 Å². The highest BCUT2D eigenvalue weighted by molar-refractivity contribution is 5.76. The zero-order valence-electron chi connectivity index (χ0n) is 8.82. The first-order chi connectivity index (χ1) is 6.82. The molecule has 0 spiro atoms. The van der Waals surface area contributed by atoms with Gasteiger partial charge in [0, 0.05) is 13.7 Å². The standard InChI is InChI=1S/C9H15F3N2O/c1-7(13)14-5-3-4-8(6-14,15-2)9(10,11)12/h13H,3-6H2,1-2H3. The van der Waals surface area contributed by atoms with Crippen molar-refractivity contribution in [3.8, 4) is 0 Å². The summed E-state index contributed by atoms with van der Waals surface area (Å²) in [6.07, 6.45) is -4.02. The first-order valence-electron chi connectivity index (χ1n) is 4.74. The number of nitrogens with one attached hydrogen (secondary N) is 1. The zero-order chi connectivity index (χ0) is 11.7. The number of hydrogen-bond acceptors (Lipinski definition) is 2. The fourth-order valence-electron chi connectivity index (χ4n) is 1.82. The maximum atomic E-state index is 12.8. The number of alkyl halides is 3. The summed E-state index contributed by atoms with van der Waals surface area (Å²) >= 11 is 0. The van der Waals surface area contributed by atoms with E-state index in [0.29, 0.717) is 13.0 Å². The third-order valence-electron chi connectivity index (χ3n) is 2.84. The van der Waals surface area contributed by atoms with E-state index in [1.165, 1.54) is 11.8 Å². The van der Waals surface area contributed by atoms with Crippen LogP contribution in [0.4, 0.5) is 13.2 Å². The van der Waals surface area contributed by atoms with Gasteiger partial charge in [-0.3, -0.25) is 5.41 Å². The Balaban J connectivity index is 2.87. The largest absolute Gasteiger partial charge is 0.419 e. The first kappa shape index (κ1) is 12.3. The van der Waals surface area contributed by atoms with Crippen LogP contribution in [-0.4, -0.2) is 42.7 Å². The van der Waals surface area contributed by atoms with Crippen LogP contribution in [0.25, 0.3) is 0 Å². The molecule has 15 heavy (non-hydrogen) atoms. The molecule has 0 aromatic rings. The smallest absolute Gasteiger partial charge is 0.367 e. The summed E-state index contributed by atoms with van der Waals surface area (Å²) in [4.78, 5) is 1.40. The molecule has 6 heteroatoms. The van der Waals surface area contributed by atoms with Gasteiger partial charge in [-0.15, -0.1) is 0 Å². The normalized spacial score (nSPS) is 27.9. The molecule has 0 radical (unpaired) electrons. The lowest BCUT2D eigenvalue weighted by Gasteiger charge is -2.43. The van der Waals surface area contributed by atoms with E-state index < -0.39 is 11.8 Å². The molecule has 1 heterocycles. The lowest BCUT2D eigenvalue weighted by atomic mass is 9.91. The fraction of sp³-hybridized carbons (Fsp3) is 0.889. The van der Waals surface area contributed by atoms with Gasteiger partial charge in [-0.25, -0.2) is 0 Å². The summed E-state index contributed by atoms with van der Waals surface area (Å²) in [7, 11) is 1.08. The van der Waals surface area contributed by atoms with E-state index >= 15 is 0 Å². The van der Waals surface area contributed by atoms with Gasteiger partial charge in [0.1, 0.15) is 0 Å². The second-order valence-electron chi connectivity index (χ2n) is 3.81. The van der Waals surface area contributed by atoms with E-state index in [4.69, 9.17) is 5.41 Å². The number of amidine groups is 1. The van der Waals surface area contributed by atoms with Crippen LogP contribution in [-0.2, 0) is 4.74 Å². The van der Waals surface area contributed by atoms with Crippen LogP contribution in [0, 0.1) is 5.41 Å². The number of ether oxygens (including phenoxy) is 1. The van der Waals surface area contributed by atoms with Gasteiger partial charge in [-0.2, -0.15) is 13.2 Å². The molecular formula is C9H15F3N2O. The Labute approximate surface area is 86.7 Å². The van der Waals surface area contributed by atoms with Crippen LogP contribution in [0.2, 0.25) is 0 Å². The number of nitrogens with zero attached hydrogens (tertiary/aromatic N) is 1. The summed E-state index contributed by atoms with van der Waals surface area (Å²) in [5.74, 6) is 0.153. The molecule has 1 unspecified atom stereocenters. The van der Waals surface area contributed by atoms with Crippen LogP contribution >= 0.6 is 0 Å². The average molecular weight is 224 g/mol. The van der Waals surface area contributed by atoms with E-state index in [0.717, 1.165) is 7.11 Å². The van der Waals surface area contributed by atoms with Gasteiger partial charge in [-0.1, -0.05) is 0 Å². The Morgan fingerprint density at radius 2 is 2.07 bits per heavy atom. The van der Waals surface area contributed by atoms with Crippen molar-refractivity contribution in [1.29, 1.82) is 5.41 Å². The van der Waals surface area contributed by atoms with Gasteiger partial charge >= 0.3 is 6.18 Å². The third kappa shape index (κ3) is 2.25. The van der Waals surface area contributed by atoms with E-state index in [-0.39, 0.29) is 18.8 Å². The summed E-state index contributed by atoms with van der Waals surface area (Å²) < 4.78 is 43.1. The molecule has 0 saturated carbocycles. The minimum atomic E-state index is -4.38. The lowest BCUT2D eigenvalue weighted by Crippen LogP contribution is -2.58. The van der Waals surface area contributed by atoms with Crippen LogP contribution in [0.3, 0.4) is 0 Å². The molecular weight excluding hydrogens is 209 g/mol. The zero-order valence-corrected chi connectivity index (χ0v) is 8.82. The second kappa shape index (κ2) is 4.00. The quantitative estimate of drug-likeness (QED) is 0.546. The molecule has 88 valence electrons.